The maximum absolute atomic E-state index is 12.5. The number of carbonyl (C=O) groups excluding carboxylic acids is 2. The number of carboxylic acids is 1. The van der Waals surface area contributed by atoms with E-state index in [9.17, 15) is 14.4 Å². The summed E-state index contributed by atoms with van der Waals surface area (Å²) in [7, 11) is 1.27. The number of methoxy groups -OCH3 is 1. The van der Waals surface area contributed by atoms with Gasteiger partial charge in [0.1, 0.15) is 0 Å². The van der Waals surface area contributed by atoms with Gasteiger partial charge in [-0.05, 0) is 12.8 Å². The minimum atomic E-state index is -0.908. The van der Waals surface area contributed by atoms with Gasteiger partial charge in [-0.1, -0.05) is 0 Å². The number of ether oxygens (including phenoxy) is 2. The first-order valence-corrected chi connectivity index (χ1v) is 6.99. The minimum absolute atomic E-state index is 0.0451. The van der Waals surface area contributed by atoms with E-state index in [1.165, 1.54) is 12.0 Å². The van der Waals surface area contributed by atoms with Crippen molar-refractivity contribution in [1.82, 2.24) is 9.80 Å². The van der Waals surface area contributed by atoms with Crippen molar-refractivity contribution in [2.75, 3.05) is 33.4 Å². The van der Waals surface area contributed by atoms with Crippen molar-refractivity contribution >= 4 is 18.0 Å². The highest BCUT2D eigenvalue weighted by Crippen LogP contribution is 2.22. The van der Waals surface area contributed by atoms with Crippen LogP contribution in [0.4, 0.5) is 4.79 Å². The van der Waals surface area contributed by atoms with Gasteiger partial charge in [0.25, 0.3) is 0 Å². The second-order valence-corrected chi connectivity index (χ2v) is 5.20. The van der Waals surface area contributed by atoms with Gasteiger partial charge >= 0.3 is 18.0 Å². The number of amides is 2. The van der Waals surface area contributed by atoms with Crippen molar-refractivity contribution in [2.24, 2.45) is 0 Å². The Balaban J connectivity index is 1.98. The Labute approximate surface area is 122 Å². The van der Waals surface area contributed by atoms with Crippen molar-refractivity contribution in [3.05, 3.63) is 0 Å². The smallest absolute Gasteiger partial charge is 0.336 e. The van der Waals surface area contributed by atoms with E-state index in [4.69, 9.17) is 9.84 Å². The number of morpholine rings is 1. The molecule has 0 aromatic rings. The SMILES string of the molecule is COC(=O)C1CN(C(=O)N2CCCC2CC(=O)O)CCO1. The van der Waals surface area contributed by atoms with Crippen LogP contribution in [0.5, 0.6) is 0 Å². The maximum Gasteiger partial charge on any atom is 0.336 e. The lowest BCUT2D eigenvalue weighted by Gasteiger charge is -2.35. The summed E-state index contributed by atoms with van der Waals surface area (Å²) in [5.41, 5.74) is 0. The molecule has 2 aliphatic heterocycles. The molecule has 2 unspecified atom stereocenters. The van der Waals surface area contributed by atoms with Crippen molar-refractivity contribution in [1.29, 1.82) is 0 Å². The summed E-state index contributed by atoms with van der Waals surface area (Å²) in [5, 5.41) is 8.90. The van der Waals surface area contributed by atoms with Crippen LogP contribution in [0.3, 0.4) is 0 Å². The fraction of sp³-hybridized carbons (Fsp3) is 0.769. The van der Waals surface area contributed by atoms with Crippen molar-refractivity contribution < 1.29 is 29.0 Å². The Morgan fingerprint density at radius 3 is 2.76 bits per heavy atom. The predicted molar refractivity (Wildman–Crippen MR) is 70.7 cm³/mol. The number of rotatable bonds is 3. The van der Waals surface area contributed by atoms with Crippen molar-refractivity contribution in [3.63, 3.8) is 0 Å². The molecular formula is C13H20N2O6. The van der Waals surface area contributed by atoms with Crippen LogP contribution in [0.15, 0.2) is 0 Å². The van der Waals surface area contributed by atoms with E-state index in [-0.39, 0.29) is 31.6 Å². The quantitative estimate of drug-likeness (QED) is 0.732. The molecule has 2 aliphatic rings. The molecule has 2 amide bonds. The molecule has 0 radical (unpaired) electrons. The number of hydrogen-bond acceptors (Lipinski definition) is 5. The summed E-state index contributed by atoms with van der Waals surface area (Å²) in [4.78, 5) is 38.0. The number of carbonyl (C=O) groups is 3. The van der Waals surface area contributed by atoms with E-state index in [0.717, 1.165) is 6.42 Å². The first-order chi connectivity index (χ1) is 10.0. The molecule has 1 N–H and O–H groups in total. The molecule has 21 heavy (non-hydrogen) atoms. The lowest BCUT2D eigenvalue weighted by Crippen LogP contribution is -2.54. The molecule has 0 spiro atoms. The number of likely N-dealkylation sites (tertiary alicyclic amines) is 1. The van der Waals surface area contributed by atoms with Gasteiger partial charge in [0.15, 0.2) is 6.10 Å². The lowest BCUT2D eigenvalue weighted by atomic mass is 10.1. The first kappa shape index (κ1) is 15.6. The highest BCUT2D eigenvalue weighted by molar-refractivity contribution is 5.79. The largest absolute Gasteiger partial charge is 0.481 e. The normalized spacial score (nSPS) is 25.8. The zero-order chi connectivity index (χ0) is 15.4. The van der Waals surface area contributed by atoms with Gasteiger partial charge in [-0.3, -0.25) is 4.79 Å². The van der Waals surface area contributed by atoms with Gasteiger partial charge in [-0.2, -0.15) is 0 Å². The van der Waals surface area contributed by atoms with Crippen LogP contribution in [0.1, 0.15) is 19.3 Å². The van der Waals surface area contributed by atoms with Gasteiger partial charge in [0.2, 0.25) is 0 Å². The van der Waals surface area contributed by atoms with Crippen LogP contribution in [0.25, 0.3) is 0 Å². The van der Waals surface area contributed by atoms with E-state index in [0.29, 0.717) is 19.5 Å². The summed E-state index contributed by atoms with van der Waals surface area (Å²) in [6.45, 7) is 1.35. The van der Waals surface area contributed by atoms with E-state index >= 15 is 0 Å². The van der Waals surface area contributed by atoms with Crippen LogP contribution in [0, 0.1) is 0 Å². The summed E-state index contributed by atoms with van der Waals surface area (Å²) < 4.78 is 9.91. The molecule has 118 valence electrons. The molecule has 2 heterocycles. The zero-order valence-corrected chi connectivity index (χ0v) is 12.0. The molecule has 0 aromatic carbocycles. The molecule has 2 fully saturated rings. The summed E-state index contributed by atoms with van der Waals surface area (Å²) >= 11 is 0. The highest BCUT2D eigenvalue weighted by atomic mass is 16.6. The lowest BCUT2D eigenvalue weighted by molar-refractivity contribution is -0.158. The van der Waals surface area contributed by atoms with Gasteiger partial charge < -0.3 is 24.4 Å². The fourth-order valence-electron chi connectivity index (χ4n) is 2.78. The number of esters is 1. The van der Waals surface area contributed by atoms with Crippen LogP contribution < -0.4 is 0 Å². The second-order valence-electron chi connectivity index (χ2n) is 5.20. The summed E-state index contributed by atoms with van der Waals surface area (Å²) in [6.07, 6.45) is 0.682. The van der Waals surface area contributed by atoms with E-state index in [1.807, 2.05) is 0 Å². The maximum atomic E-state index is 12.5. The van der Waals surface area contributed by atoms with Crippen molar-refractivity contribution in [2.45, 2.75) is 31.4 Å². The molecule has 0 saturated carbocycles. The number of carboxylic acid groups (broad SMARTS) is 1. The number of hydrogen-bond donors (Lipinski definition) is 1. The average Bonchev–Trinajstić information content (AvgIpc) is 2.93. The predicted octanol–water partition coefficient (Wildman–Crippen LogP) is -0.0807. The van der Waals surface area contributed by atoms with Gasteiger partial charge in [0.05, 0.1) is 26.7 Å². The number of aliphatic carboxylic acids is 1. The van der Waals surface area contributed by atoms with E-state index in [1.54, 1.807) is 4.90 Å². The molecule has 8 heteroatoms. The molecule has 0 bridgehead atoms. The summed E-state index contributed by atoms with van der Waals surface area (Å²) in [6, 6.07) is -0.495. The highest BCUT2D eigenvalue weighted by Gasteiger charge is 2.36. The Kier molecular flexibility index (Phi) is 5.00. The standard InChI is InChI=1S/C13H20N2O6/c1-20-12(18)10-8-14(5-6-21-10)13(19)15-4-2-3-9(15)7-11(16)17/h9-10H,2-8H2,1H3,(H,16,17). The van der Waals surface area contributed by atoms with Gasteiger partial charge in [-0.25, -0.2) is 9.59 Å². The Hall–Kier alpha value is -1.83. The van der Waals surface area contributed by atoms with E-state index in [2.05, 4.69) is 4.74 Å². The Morgan fingerprint density at radius 2 is 2.10 bits per heavy atom. The van der Waals surface area contributed by atoms with Crippen LogP contribution in [-0.4, -0.2) is 78.4 Å². The number of nitrogens with zero attached hydrogens (tertiary/aromatic N) is 2. The number of urea groups is 1. The Morgan fingerprint density at radius 1 is 1.33 bits per heavy atom. The topological polar surface area (TPSA) is 96.4 Å². The second kappa shape index (κ2) is 6.75. The Bertz CT molecular complexity index is 427. The monoisotopic (exact) mass is 300 g/mol. The van der Waals surface area contributed by atoms with Crippen molar-refractivity contribution in [3.8, 4) is 0 Å². The summed E-state index contributed by atoms with van der Waals surface area (Å²) in [5.74, 6) is -1.41. The first-order valence-electron chi connectivity index (χ1n) is 6.99. The zero-order valence-electron chi connectivity index (χ0n) is 12.0. The molecule has 8 nitrogen and oxygen atoms in total. The van der Waals surface area contributed by atoms with E-state index < -0.39 is 18.0 Å². The molecule has 2 saturated heterocycles. The average molecular weight is 300 g/mol. The van der Waals surface area contributed by atoms with Gasteiger partial charge in [-0.15, -0.1) is 0 Å². The molecule has 0 aliphatic carbocycles. The van der Waals surface area contributed by atoms with Crippen LogP contribution in [0.2, 0.25) is 0 Å². The van der Waals surface area contributed by atoms with Crippen LogP contribution in [-0.2, 0) is 19.1 Å². The van der Waals surface area contributed by atoms with Crippen LogP contribution >= 0.6 is 0 Å². The molecule has 2 rings (SSSR count). The molecule has 0 aromatic heterocycles. The van der Waals surface area contributed by atoms with Gasteiger partial charge in [0, 0.05) is 19.1 Å². The third kappa shape index (κ3) is 3.63. The fourth-order valence-corrected chi connectivity index (χ4v) is 2.78. The third-order valence-electron chi connectivity index (χ3n) is 3.83. The molecular weight excluding hydrogens is 280 g/mol. The minimum Gasteiger partial charge on any atom is -0.481 e. The molecule has 2 atom stereocenters. The third-order valence-corrected chi connectivity index (χ3v) is 3.83.